The minimum absolute atomic E-state index is 0.0170. The lowest BCUT2D eigenvalue weighted by molar-refractivity contribution is -0.121. The van der Waals surface area contributed by atoms with Gasteiger partial charge in [-0.1, -0.05) is 243 Å². The first-order valence-corrected chi connectivity index (χ1v) is 34.1. The summed E-state index contributed by atoms with van der Waals surface area (Å²) in [7, 11) is 3.14. The summed E-state index contributed by atoms with van der Waals surface area (Å²) in [5.41, 5.74) is 5.32. The monoisotopic (exact) mass is 1190 g/mol. The lowest BCUT2D eigenvalue weighted by atomic mass is 9.98. The Morgan fingerprint density at radius 1 is 0.477 bits per heavy atom. The number of benzene rings is 3. The number of hydrogen-bond donors (Lipinski definition) is 3. The molecular weight excluding hydrogens is 1080 g/mol. The Labute approximate surface area is 520 Å². The van der Waals surface area contributed by atoms with Crippen LogP contribution in [0.4, 0.5) is 10.7 Å². The highest BCUT2D eigenvalue weighted by atomic mass is 16.5. The van der Waals surface area contributed by atoms with E-state index >= 15 is 0 Å². The van der Waals surface area contributed by atoms with E-state index in [0.717, 1.165) is 61.5 Å². The van der Waals surface area contributed by atoms with Crippen molar-refractivity contribution in [3.8, 4) is 40.4 Å². The number of fused-ring (bicyclic) bond motifs is 3. The lowest BCUT2D eigenvalue weighted by Crippen LogP contribution is -2.26. The van der Waals surface area contributed by atoms with E-state index in [1.54, 1.807) is 26.4 Å². The van der Waals surface area contributed by atoms with Crippen molar-refractivity contribution in [2.24, 2.45) is 11.8 Å². The van der Waals surface area contributed by atoms with Crippen LogP contribution in [0.1, 0.15) is 262 Å². The van der Waals surface area contributed by atoms with Crippen molar-refractivity contribution < 1.29 is 38.0 Å². The highest BCUT2D eigenvalue weighted by Gasteiger charge is 2.29. The van der Waals surface area contributed by atoms with Gasteiger partial charge in [0, 0.05) is 37.6 Å². The van der Waals surface area contributed by atoms with Crippen LogP contribution in [0.3, 0.4) is 0 Å². The lowest BCUT2D eigenvalue weighted by Gasteiger charge is -2.17. The standard InChI is InChI=1S/C72H114N6O8/c1-57(2)41-29-25-21-17-13-9-7-11-15-19-23-27-38-51-84-70-76-69(77-71(78-70)85-52-39-28-24-20-16-12-8-10-14-18-22-26-30-42-58(3)4)74-49-37-36-48-73-68(79)47-35-40-50-83-59-53-66(81-5)64(67(54-59)82-6)55-75-72(80)86-56-65-62-45-33-31-43-60(62)61-44-32-34-46-63(61)65/h31-34,43-46,53-54,57-58,65H,7-30,35-42,47-52,55-56H2,1-6H3,(H,73,79)(H,75,80)(H,74,76,77,78). The normalized spacial score (nSPS) is 11.9. The van der Waals surface area contributed by atoms with Crippen LogP contribution in [0, 0.1) is 11.8 Å². The Bertz CT molecular complexity index is 2310. The summed E-state index contributed by atoms with van der Waals surface area (Å²) in [6, 6.07) is 20.7. The number of rotatable bonds is 52. The molecule has 1 aliphatic carbocycles. The second-order valence-corrected chi connectivity index (χ2v) is 24.8. The number of anilines is 1. The van der Waals surface area contributed by atoms with E-state index in [1.807, 2.05) is 24.3 Å². The zero-order valence-electron chi connectivity index (χ0n) is 54.4. The maximum Gasteiger partial charge on any atom is 0.407 e. The summed E-state index contributed by atoms with van der Waals surface area (Å²) in [6.07, 6.45) is 39.7. The smallest absolute Gasteiger partial charge is 0.407 e. The predicted molar refractivity (Wildman–Crippen MR) is 351 cm³/mol. The van der Waals surface area contributed by atoms with Gasteiger partial charge < -0.3 is 44.4 Å². The van der Waals surface area contributed by atoms with Gasteiger partial charge in [0.05, 0.1) is 46.1 Å². The van der Waals surface area contributed by atoms with E-state index < -0.39 is 6.09 Å². The molecule has 1 aliphatic rings. The van der Waals surface area contributed by atoms with Gasteiger partial charge >= 0.3 is 18.1 Å². The number of hydrogen-bond acceptors (Lipinski definition) is 12. The fraction of sp³-hybridized carbons (Fsp3) is 0.681. The summed E-state index contributed by atoms with van der Waals surface area (Å²) >= 11 is 0. The van der Waals surface area contributed by atoms with Crippen molar-refractivity contribution in [1.82, 2.24) is 25.6 Å². The van der Waals surface area contributed by atoms with Gasteiger partial charge in [0.25, 0.3) is 0 Å². The Morgan fingerprint density at radius 3 is 1.36 bits per heavy atom. The average molecular weight is 1190 g/mol. The highest BCUT2D eigenvalue weighted by Crippen LogP contribution is 2.44. The van der Waals surface area contributed by atoms with Gasteiger partial charge in [-0.15, -0.1) is 4.98 Å². The van der Waals surface area contributed by atoms with Crippen LogP contribution in [0.15, 0.2) is 60.7 Å². The zero-order chi connectivity index (χ0) is 61.1. The Balaban J connectivity index is 0.933. The first kappa shape index (κ1) is 71.0. The average Bonchev–Trinajstić information content (AvgIpc) is 2.08. The van der Waals surface area contributed by atoms with Crippen molar-refractivity contribution in [3.63, 3.8) is 0 Å². The third kappa shape index (κ3) is 29.7. The van der Waals surface area contributed by atoms with Gasteiger partial charge in [0.1, 0.15) is 23.9 Å². The first-order chi connectivity index (χ1) is 42.1. The van der Waals surface area contributed by atoms with Crippen LogP contribution in [0.5, 0.6) is 29.3 Å². The maximum absolute atomic E-state index is 13.0. The van der Waals surface area contributed by atoms with Gasteiger partial charge in [-0.3, -0.25) is 4.79 Å². The second-order valence-electron chi connectivity index (χ2n) is 24.8. The SMILES string of the molecule is COc1cc(OCCCCC(=O)NCCCCNc2nc(OCCCCCCCCCCCCCCCC(C)C)nc(OCCCCCCCCCCCCCCCC(C)C)n2)cc(OC)c1CNC(=O)OCC1c2ccccc2-c2ccccc21. The molecule has 5 rings (SSSR count). The number of nitrogens with zero attached hydrogens (tertiary/aromatic N) is 3. The summed E-state index contributed by atoms with van der Waals surface area (Å²) in [5.74, 6) is 3.72. The quantitative estimate of drug-likeness (QED) is 0.0359. The number of alkyl carbamates (subject to hydrolysis) is 1. The molecule has 1 heterocycles. The number of carbonyl (C=O) groups is 2. The first-order valence-electron chi connectivity index (χ1n) is 34.1. The summed E-state index contributed by atoms with van der Waals surface area (Å²) in [5, 5.41) is 9.28. The number of unbranched alkanes of at least 4 members (excludes halogenated alkanes) is 26. The Hall–Kier alpha value is -5.79. The molecule has 0 radical (unpaired) electrons. The molecule has 3 aromatic carbocycles. The minimum atomic E-state index is -0.530. The van der Waals surface area contributed by atoms with Crippen molar-refractivity contribution in [3.05, 3.63) is 77.4 Å². The molecule has 14 heteroatoms. The van der Waals surface area contributed by atoms with E-state index in [-0.39, 0.29) is 25.0 Å². The molecule has 0 atom stereocenters. The molecule has 0 saturated heterocycles. The van der Waals surface area contributed by atoms with Gasteiger partial charge in [-0.2, -0.15) is 9.97 Å². The topological polar surface area (TPSA) is 164 Å². The second kappa shape index (κ2) is 44.6. The van der Waals surface area contributed by atoms with Crippen molar-refractivity contribution in [1.29, 1.82) is 0 Å². The van der Waals surface area contributed by atoms with E-state index in [9.17, 15) is 9.59 Å². The number of methoxy groups -OCH3 is 2. The molecule has 4 aromatic rings. The van der Waals surface area contributed by atoms with E-state index in [0.29, 0.717) is 93.0 Å². The molecule has 0 bridgehead atoms. The number of amides is 2. The number of aromatic nitrogens is 3. The number of ether oxygens (including phenoxy) is 6. The Morgan fingerprint density at radius 2 is 0.895 bits per heavy atom. The Kier molecular flexibility index (Phi) is 36.8. The molecule has 3 N–H and O–H groups in total. The molecule has 0 unspecified atom stereocenters. The molecule has 480 valence electrons. The van der Waals surface area contributed by atoms with E-state index in [2.05, 4.69) is 82.9 Å². The fourth-order valence-electron chi connectivity index (χ4n) is 11.4. The molecule has 1 aromatic heterocycles. The number of carbonyl (C=O) groups excluding carboxylic acids is 2. The van der Waals surface area contributed by atoms with Crippen LogP contribution < -0.4 is 39.6 Å². The molecule has 0 fully saturated rings. The van der Waals surface area contributed by atoms with Crippen LogP contribution in [-0.4, -0.2) is 80.7 Å². The minimum Gasteiger partial charge on any atom is -0.496 e. The summed E-state index contributed by atoms with van der Waals surface area (Å²) < 4.78 is 35.4. The third-order valence-corrected chi connectivity index (χ3v) is 16.5. The van der Waals surface area contributed by atoms with Gasteiger partial charge in [-0.25, -0.2) is 4.79 Å². The van der Waals surface area contributed by atoms with Crippen molar-refractivity contribution >= 4 is 17.9 Å². The largest absolute Gasteiger partial charge is 0.496 e. The van der Waals surface area contributed by atoms with E-state index in [1.165, 1.54) is 165 Å². The fourth-order valence-corrected chi connectivity index (χ4v) is 11.4. The van der Waals surface area contributed by atoms with Gasteiger partial charge in [-0.05, 0) is 72.6 Å². The molecule has 2 amide bonds. The van der Waals surface area contributed by atoms with Crippen LogP contribution in [-0.2, 0) is 16.1 Å². The van der Waals surface area contributed by atoms with Crippen LogP contribution >= 0.6 is 0 Å². The van der Waals surface area contributed by atoms with Crippen molar-refractivity contribution in [2.75, 3.05) is 59.1 Å². The van der Waals surface area contributed by atoms with Crippen molar-refractivity contribution in [2.45, 2.75) is 252 Å². The van der Waals surface area contributed by atoms with Gasteiger partial charge in [0.2, 0.25) is 11.9 Å². The molecule has 14 nitrogen and oxygen atoms in total. The van der Waals surface area contributed by atoms with Gasteiger partial charge in [0.15, 0.2) is 0 Å². The van der Waals surface area contributed by atoms with E-state index in [4.69, 9.17) is 28.4 Å². The molecular formula is C72H114N6O8. The molecule has 0 aliphatic heterocycles. The maximum atomic E-state index is 13.0. The van der Waals surface area contributed by atoms with Crippen LogP contribution in [0.25, 0.3) is 11.1 Å². The highest BCUT2D eigenvalue weighted by molar-refractivity contribution is 5.79. The molecule has 0 spiro atoms. The molecule has 86 heavy (non-hydrogen) atoms. The summed E-state index contributed by atoms with van der Waals surface area (Å²) in [4.78, 5) is 39.5. The molecule has 0 saturated carbocycles. The predicted octanol–water partition coefficient (Wildman–Crippen LogP) is 18.5. The zero-order valence-corrected chi connectivity index (χ0v) is 54.4. The number of nitrogens with one attached hydrogen (secondary N) is 3. The van der Waals surface area contributed by atoms with Crippen LogP contribution in [0.2, 0.25) is 0 Å². The summed E-state index contributed by atoms with van der Waals surface area (Å²) in [6.45, 7) is 12.4. The third-order valence-electron chi connectivity index (χ3n) is 16.5.